The van der Waals surface area contributed by atoms with Gasteiger partial charge in [0.15, 0.2) is 5.78 Å². The van der Waals surface area contributed by atoms with Crippen LogP contribution < -0.4 is 0 Å². The minimum atomic E-state index is -0.933. The highest BCUT2D eigenvalue weighted by molar-refractivity contribution is 6.35. The van der Waals surface area contributed by atoms with E-state index in [1.807, 2.05) is 0 Å². The molecule has 0 aliphatic heterocycles. The molecule has 0 unspecified atom stereocenters. The highest BCUT2D eigenvalue weighted by Gasteiger charge is 2.54. The largest absolute Gasteiger partial charge is 0.299 e. The molecule has 0 atom stereocenters. The summed E-state index contributed by atoms with van der Waals surface area (Å²) < 4.78 is 13.0. The van der Waals surface area contributed by atoms with E-state index < -0.39 is 11.2 Å². The molecule has 0 heterocycles. The van der Waals surface area contributed by atoms with Crippen molar-refractivity contribution in [3.05, 3.63) is 34.6 Å². The van der Waals surface area contributed by atoms with E-state index in [9.17, 15) is 14.0 Å². The molecule has 0 spiro atoms. The zero-order chi connectivity index (χ0) is 11.9. The van der Waals surface area contributed by atoms with Gasteiger partial charge in [0.2, 0.25) is 0 Å². The molecule has 1 saturated carbocycles. The maximum absolute atomic E-state index is 13.0. The molecule has 1 aromatic carbocycles. The molecular formula is C12H10ClFO2. The first-order valence-corrected chi connectivity index (χ1v) is 5.36. The maximum Gasteiger partial charge on any atom is 0.177 e. The van der Waals surface area contributed by atoms with Crippen LogP contribution >= 0.6 is 11.6 Å². The van der Waals surface area contributed by atoms with Crippen LogP contribution in [0.25, 0.3) is 0 Å². The van der Waals surface area contributed by atoms with Crippen LogP contribution in [0.4, 0.5) is 4.39 Å². The number of ketones is 2. The number of hydrogen-bond acceptors (Lipinski definition) is 2. The molecule has 0 aromatic heterocycles. The quantitative estimate of drug-likeness (QED) is 0.601. The van der Waals surface area contributed by atoms with Crippen LogP contribution in [0.3, 0.4) is 0 Å². The molecule has 0 bridgehead atoms. The SMILES string of the molecule is CC(=O)C1(C(=O)c2cc(F)ccc2Cl)CC1. The number of benzene rings is 1. The Bertz CT molecular complexity index is 478. The van der Waals surface area contributed by atoms with Gasteiger partial charge in [0.05, 0.1) is 10.4 Å². The molecule has 0 amide bonds. The molecule has 2 rings (SSSR count). The second kappa shape index (κ2) is 3.67. The Kier molecular flexibility index (Phi) is 2.58. The van der Waals surface area contributed by atoms with Gasteiger partial charge in [-0.25, -0.2) is 4.39 Å². The third-order valence-electron chi connectivity index (χ3n) is 3.03. The molecule has 16 heavy (non-hydrogen) atoms. The zero-order valence-corrected chi connectivity index (χ0v) is 9.47. The summed E-state index contributed by atoms with van der Waals surface area (Å²) in [5.74, 6) is -1.05. The summed E-state index contributed by atoms with van der Waals surface area (Å²) in [7, 11) is 0. The van der Waals surface area contributed by atoms with Crippen molar-refractivity contribution in [3.8, 4) is 0 Å². The summed E-state index contributed by atoms with van der Waals surface area (Å²) in [5, 5.41) is 0.193. The number of carbonyl (C=O) groups is 2. The summed E-state index contributed by atoms with van der Waals surface area (Å²) in [6.07, 6.45) is 1.07. The van der Waals surface area contributed by atoms with Gasteiger partial charge < -0.3 is 0 Å². The average Bonchev–Trinajstić information content (AvgIpc) is 3.01. The van der Waals surface area contributed by atoms with Crippen molar-refractivity contribution >= 4 is 23.2 Å². The monoisotopic (exact) mass is 240 g/mol. The third-order valence-corrected chi connectivity index (χ3v) is 3.36. The number of Topliss-reactive ketones (excluding diaryl/α,β-unsaturated/α-hetero) is 2. The number of carbonyl (C=O) groups excluding carboxylic acids is 2. The average molecular weight is 241 g/mol. The fourth-order valence-electron chi connectivity index (χ4n) is 1.79. The fourth-order valence-corrected chi connectivity index (χ4v) is 2.00. The molecular weight excluding hydrogens is 231 g/mol. The van der Waals surface area contributed by atoms with Crippen molar-refractivity contribution in [2.24, 2.45) is 5.41 Å². The van der Waals surface area contributed by atoms with Crippen LogP contribution in [0.1, 0.15) is 30.1 Å². The Hall–Kier alpha value is -1.22. The Labute approximate surface area is 97.4 Å². The second-order valence-corrected chi connectivity index (χ2v) is 4.50. The minimum absolute atomic E-state index is 0.106. The third kappa shape index (κ3) is 1.65. The van der Waals surface area contributed by atoms with Gasteiger partial charge in [0.25, 0.3) is 0 Å². The van der Waals surface area contributed by atoms with Crippen LogP contribution in [0, 0.1) is 11.2 Å². The predicted octanol–water partition coefficient (Wildman–Crippen LogP) is 3.03. The highest BCUT2D eigenvalue weighted by Crippen LogP contribution is 2.49. The van der Waals surface area contributed by atoms with E-state index in [4.69, 9.17) is 11.6 Å². The summed E-state index contributed by atoms with van der Waals surface area (Å²) in [6, 6.07) is 3.61. The van der Waals surface area contributed by atoms with Gasteiger partial charge in [-0.1, -0.05) is 11.6 Å². The summed E-state index contributed by atoms with van der Waals surface area (Å²) in [4.78, 5) is 23.5. The van der Waals surface area contributed by atoms with E-state index in [2.05, 4.69) is 0 Å². The smallest absolute Gasteiger partial charge is 0.177 e. The molecule has 1 aliphatic carbocycles. The van der Waals surface area contributed by atoms with E-state index in [0.29, 0.717) is 12.8 Å². The van der Waals surface area contributed by atoms with Crippen molar-refractivity contribution in [1.29, 1.82) is 0 Å². The van der Waals surface area contributed by atoms with Gasteiger partial charge in [-0.05, 0) is 38.0 Å². The summed E-state index contributed by atoms with van der Waals surface area (Å²) >= 11 is 5.83. The first kappa shape index (κ1) is 11.3. The lowest BCUT2D eigenvalue weighted by molar-refractivity contribution is -0.120. The molecule has 0 N–H and O–H groups in total. The van der Waals surface area contributed by atoms with Gasteiger partial charge in [-0.15, -0.1) is 0 Å². The predicted molar refractivity (Wildman–Crippen MR) is 58.1 cm³/mol. The normalized spacial score (nSPS) is 16.9. The van der Waals surface area contributed by atoms with Gasteiger partial charge >= 0.3 is 0 Å². The molecule has 1 aromatic rings. The van der Waals surface area contributed by atoms with Crippen molar-refractivity contribution in [1.82, 2.24) is 0 Å². The van der Waals surface area contributed by atoms with Gasteiger partial charge in [0, 0.05) is 5.56 Å². The van der Waals surface area contributed by atoms with Gasteiger partial charge in [0.1, 0.15) is 11.6 Å². The van der Waals surface area contributed by atoms with Crippen LogP contribution in [0.2, 0.25) is 5.02 Å². The Morgan fingerprint density at radius 1 is 1.38 bits per heavy atom. The van der Waals surface area contributed by atoms with E-state index in [1.165, 1.54) is 19.1 Å². The van der Waals surface area contributed by atoms with E-state index in [1.54, 1.807) is 0 Å². The lowest BCUT2D eigenvalue weighted by Gasteiger charge is -2.11. The molecule has 1 fully saturated rings. The number of halogens is 2. The molecule has 2 nitrogen and oxygen atoms in total. The topological polar surface area (TPSA) is 34.1 Å². The maximum atomic E-state index is 13.0. The van der Waals surface area contributed by atoms with Crippen LogP contribution in [-0.2, 0) is 4.79 Å². The van der Waals surface area contributed by atoms with Crippen molar-refractivity contribution in [3.63, 3.8) is 0 Å². The van der Waals surface area contributed by atoms with Crippen LogP contribution in [-0.4, -0.2) is 11.6 Å². The lowest BCUT2D eigenvalue weighted by atomic mass is 9.91. The number of rotatable bonds is 3. The van der Waals surface area contributed by atoms with Crippen molar-refractivity contribution < 1.29 is 14.0 Å². The van der Waals surface area contributed by atoms with Gasteiger partial charge in [-0.3, -0.25) is 9.59 Å². The molecule has 84 valence electrons. The second-order valence-electron chi connectivity index (χ2n) is 4.09. The molecule has 1 aliphatic rings. The lowest BCUT2D eigenvalue weighted by Crippen LogP contribution is -2.24. The first-order chi connectivity index (χ1) is 7.47. The first-order valence-electron chi connectivity index (χ1n) is 4.98. The Balaban J connectivity index is 2.42. The van der Waals surface area contributed by atoms with E-state index in [-0.39, 0.29) is 22.2 Å². The number of hydrogen-bond donors (Lipinski definition) is 0. The Morgan fingerprint density at radius 3 is 2.50 bits per heavy atom. The molecule has 0 saturated heterocycles. The minimum Gasteiger partial charge on any atom is -0.299 e. The highest BCUT2D eigenvalue weighted by atomic mass is 35.5. The van der Waals surface area contributed by atoms with Crippen LogP contribution in [0.5, 0.6) is 0 Å². The van der Waals surface area contributed by atoms with Gasteiger partial charge in [-0.2, -0.15) is 0 Å². The summed E-state index contributed by atoms with van der Waals surface area (Å²) in [5.41, 5.74) is -0.827. The fraction of sp³-hybridized carbons (Fsp3) is 0.333. The summed E-state index contributed by atoms with van der Waals surface area (Å²) in [6.45, 7) is 1.39. The van der Waals surface area contributed by atoms with Crippen molar-refractivity contribution in [2.45, 2.75) is 19.8 Å². The molecule has 0 radical (unpaired) electrons. The van der Waals surface area contributed by atoms with Crippen molar-refractivity contribution in [2.75, 3.05) is 0 Å². The molecule has 4 heteroatoms. The van der Waals surface area contributed by atoms with E-state index in [0.717, 1.165) is 6.07 Å². The standard InChI is InChI=1S/C12H10ClFO2/c1-7(15)12(4-5-12)11(16)9-6-8(14)2-3-10(9)13/h2-3,6H,4-5H2,1H3. The zero-order valence-electron chi connectivity index (χ0n) is 8.72. The van der Waals surface area contributed by atoms with Crippen LogP contribution in [0.15, 0.2) is 18.2 Å². The Morgan fingerprint density at radius 2 is 2.00 bits per heavy atom. The van der Waals surface area contributed by atoms with E-state index >= 15 is 0 Å².